The van der Waals surface area contributed by atoms with Crippen molar-refractivity contribution in [2.75, 3.05) is 19.8 Å². The molecule has 0 aromatic heterocycles. The topological polar surface area (TPSA) is 65.0 Å². The van der Waals surface area contributed by atoms with E-state index >= 15 is 0 Å². The predicted molar refractivity (Wildman–Crippen MR) is 158 cm³/mol. The van der Waals surface area contributed by atoms with Crippen LogP contribution in [0.25, 0.3) is 12.2 Å². The largest absolute Gasteiger partial charge is 0.508 e. The molecule has 1 N–H and O–H groups in total. The summed E-state index contributed by atoms with van der Waals surface area (Å²) in [6.45, 7) is 14.4. The molecule has 39 heavy (non-hydrogen) atoms. The number of aromatic hydroxyl groups is 1. The Labute approximate surface area is 234 Å². The Balaban J connectivity index is 0.000000239. The lowest BCUT2D eigenvalue weighted by atomic mass is 9.70. The summed E-state index contributed by atoms with van der Waals surface area (Å²) in [5.41, 5.74) is 2.56. The van der Waals surface area contributed by atoms with Crippen LogP contribution < -0.4 is 0 Å². The molecule has 2 aliphatic carbocycles. The molecular formula is C34H44O5. The number of rotatable bonds is 11. The first-order valence-electron chi connectivity index (χ1n) is 14.0. The van der Waals surface area contributed by atoms with E-state index in [4.69, 9.17) is 14.2 Å². The Morgan fingerprint density at radius 1 is 1.05 bits per heavy atom. The number of ether oxygens (including phenoxy) is 3. The fourth-order valence-corrected chi connectivity index (χ4v) is 5.61. The van der Waals surface area contributed by atoms with E-state index in [-0.39, 0.29) is 23.2 Å². The number of benzene rings is 2. The van der Waals surface area contributed by atoms with Gasteiger partial charge in [0, 0.05) is 31.1 Å². The molecule has 0 saturated heterocycles. The van der Waals surface area contributed by atoms with Crippen LogP contribution in [0.5, 0.6) is 5.75 Å². The predicted octanol–water partition coefficient (Wildman–Crippen LogP) is 7.82. The number of phenolic OH excluding ortho intramolecular Hbond substituents is 1. The van der Waals surface area contributed by atoms with Gasteiger partial charge >= 0.3 is 5.97 Å². The Morgan fingerprint density at radius 3 is 2.36 bits per heavy atom. The Kier molecular flexibility index (Phi) is 11.0. The van der Waals surface area contributed by atoms with Gasteiger partial charge in [-0.25, -0.2) is 4.79 Å². The van der Waals surface area contributed by atoms with E-state index in [1.165, 1.54) is 18.9 Å². The molecule has 210 valence electrons. The summed E-state index contributed by atoms with van der Waals surface area (Å²) in [6, 6.07) is 17.1. The quantitative estimate of drug-likeness (QED) is 0.105. The highest BCUT2D eigenvalue weighted by Crippen LogP contribution is 2.66. The molecule has 0 heterocycles. The number of phenols is 1. The summed E-state index contributed by atoms with van der Waals surface area (Å²) >= 11 is 0. The van der Waals surface area contributed by atoms with E-state index in [9.17, 15) is 9.90 Å². The first kappa shape index (κ1) is 30.2. The summed E-state index contributed by atoms with van der Waals surface area (Å²) < 4.78 is 16.7. The molecule has 3 atom stereocenters. The van der Waals surface area contributed by atoms with Crippen LogP contribution in [0, 0.1) is 16.7 Å². The standard InChI is InChI=1S/C21H24O3.C13H20O2/c1-2-23-15-6-16-24-21(17-19-7-4-3-5-8-19)14-11-18-9-12-20(22)13-10-18;1-5-11(14)15-10-8-9-6-7-13(10,4)12(9,2)3/h3-5,7-14,17,22H,2,6,15-16H2,1H3;5,9-10H,1,6-8H2,2-4H3. The zero-order valence-corrected chi connectivity index (χ0v) is 23.9. The fourth-order valence-electron chi connectivity index (χ4n) is 5.61. The van der Waals surface area contributed by atoms with E-state index in [1.807, 2.05) is 67.6 Å². The average Bonchev–Trinajstić information content (AvgIpc) is 3.27. The van der Waals surface area contributed by atoms with Gasteiger partial charge in [-0.15, -0.1) is 0 Å². The minimum absolute atomic E-state index is 0.0942. The van der Waals surface area contributed by atoms with Crippen LogP contribution in [0.15, 0.2) is 79.1 Å². The van der Waals surface area contributed by atoms with Crippen LogP contribution in [0.1, 0.15) is 64.5 Å². The molecule has 2 bridgehead atoms. The second kappa shape index (κ2) is 14.2. The fraction of sp³-hybridized carbons (Fsp3) is 0.441. The second-order valence-electron chi connectivity index (χ2n) is 11.0. The van der Waals surface area contributed by atoms with Crippen LogP contribution in [-0.4, -0.2) is 37.0 Å². The number of hydrogen-bond donors (Lipinski definition) is 1. The summed E-state index contributed by atoms with van der Waals surface area (Å²) in [5, 5.41) is 9.34. The SMILES string of the molecule is C=CC(=O)OC1CC2CCC1(C)C2(C)C.CCOCCCOC(C=Cc1ccc(O)cc1)=Cc1ccccc1. The van der Waals surface area contributed by atoms with Crippen molar-refractivity contribution in [2.45, 2.75) is 59.5 Å². The Bertz CT molecular complexity index is 1120. The van der Waals surface area contributed by atoms with Crippen molar-refractivity contribution < 1.29 is 24.1 Å². The van der Waals surface area contributed by atoms with Gasteiger partial charge in [-0.05, 0) is 72.9 Å². The zero-order chi connectivity index (χ0) is 28.3. The lowest BCUT2D eigenvalue weighted by Crippen LogP contribution is -2.38. The van der Waals surface area contributed by atoms with Gasteiger partial charge < -0.3 is 19.3 Å². The third-order valence-corrected chi connectivity index (χ3v) is 8.49. The molecule has 0 spiro atoms. The molecule has 2 aromatic rings. The first-order valence-corrected chi connectivity index (χ1v) is 14.0. The average molecular weight is 533 g/mol. The van der Waals surface area contributed by atoms with Crippen molar-refractivity contribution in [2.24, 2.45) is 16.7 Å². The maximum Gasteiger partial charge on any atom is 0.330 e. The van der Waals surface area contributed by atoms with Crippen LogP contribution in [-0.2, 0) is 19.0 Å². The lowest BCUT2D eigenvalue weighted by molar-refractivity contribution is -0.150. The molecule has 2 aromatic carbocycles. The van der Waals surface area contributed by atoms with Crippen LogP contribution >= 0.6 is 0 Å². The number of allylic oxidation sites excluding steroid dienone is 1. The van der Waals surface area contributed by atoms with Crippen molar-refractivity contribution in [3.05, 3.63) is 90.2 Å². The van der Waals surface area contributed by atoms with E-state index in [2.05, 4.69) is 27.4 Å². The number of carbonyl (C=O) groups excluding carboxylic acids is 1. The number of esters is 1. The molecule has 2 saturated carbocycles. The minimum atomic E-state index is -0.274. The van der Waals surface area contributed by atoms with Crippen molar-refractivity contribution in [1.29, 1.82) is 0 Å². The van der Waals surface area contributed by atoms with Crippen molar-refractivity contribution in [3.63, 3.8) is 0 Å². The highest BCUT2D eigenvalue weighted by atomic mass is 16.5. The molecular weight excluding hydrogens is 488 g/mol. The van der Waals surface area contributed by atoms with Gasteiger partial charge in [0.1, 0.15) is 17.6 Å². The molecule has 2 aliphatic rings. The maximum atomic E-state index is 11.3. The van der Waals surface area contributed by atoms with Crippen molar-refractivity contribution in [3.8, 4) is 5.75 Å². The molecule has 4 rings (SSSR count). The molecule has 0 radical (unpaired) electrons. The van der Waals surface area contributed by atoms with Crippen molar-refractivity contribution in [1.82, 2.24) is 0 Å². The summed E-state index contributed by atoms with van der Waals surface area (Å²) in [4.78, 5) is 11.3. The molecule has 2 fully saturated rings. The molecule has 0 aliphatic heterocycles. The Morgan fingerprint density at radius 2 is 1.77 bits per heavy atom. The molecule has 5 heteroatoms. The summed E-state index contributed by atoms with van der Waals surface area (Å²) in [5.74, 6) is 1.50. The monoisotopic (exact) mass is 532 g/mol. The third kappa shape index (κ3) is 8.09. The molecule has 5 nitrogen and oxygen atoms in total. The van der Waals surface area contributed by atoms with Gasteiger partial charge in [-0.3, -0.25) is 0 Å². The smallest absolute Gasteiger partial charge is 0.330 e. The van der Waals surface area contributed by atoms with Gasteiger partial charge in [-0.2, -0.15) is 0 Å². The lowest BCUT2D eigenvalue weighted by Gasteiger charge is -2.38. The van der Waals surface area contributed by atoms with Crippen LogP contribution in [0.2, 0.25) is 0 Å². The number of fused-ring (bicyclic) bond motifs is 2. The van der Waals surface area contributed by atoms with Crippen LogP contribution in [0.3, 0.4) is 0 Å². The maximum absolute atomic E-state index is 11.3. The zero-order valence-electron chi connectivity index (χ0n) is 23.9. The van der Waals surface area contributed by atoms with E-state index < -0.39 is 0 Å². The second-order valence-corrected chi connectivity index (χ2v) is 11.0. The molecule has 0 amide bonds. The Hall–Kier alpha value is -3.31. The first-order chi connectivity index (χ1) is 18.7. The summed E-state index contributed by atoms with van der Waals surface area (Å²) in [7, 11) is 0. The van der Waals surface area contributed by atoms with E-state index in [0.717, 1.165) is 36.3 Å². The van der Waals surface area contributed by atoms with E-state index in [0.29, 0.717) is 24.5 Å². The van der Waals surface area contributed by atoms with Crippen LogP contribution in [0.4, 0.5) is 0 Å². The number of carbonyl (C=O) groups is 1. The highest BCUT2D eigenvalue weighted by molar-refractivity contribution is 5.81. The van der Waals surface area contributed by atoms with Gasteiger partial charge in [0.25, 0.3) is 0 Å². The number of hydrogen-bond acceptors (Lipinski definition) is 5. The van der Waals surface area contributed by atoms with Crippen molar-refractivity contribution >= 4 is 18.1 Å². The van der Waals surface area contributed by atoms with Gasteiger partial charge in [0.05, 0.1) is 6.61 Å². The third-order valence-electron chi connectivity index (χ3n) is 8.49. The normalized spacial score (nSPS) is 23.2. The van der Waals surface area contributed by atoms with Gasteiger partial charge in [0.2, 0.25) is 0 Å². The highest BCUT2D eigenvalue weighted by Gasteiger charge is 2.62. The van der Waals surface area contributed by atoms with Gasteiger partial charge in [-0.1, -0.05) is 75.9 Å². The summed E-state index contributed by atoms with van der Waals surface area (Å²) in [6.07, 6.45) is 11.6. The molecule has 3 unspecified atom stereocenters. The minimum Gasteiger partial charge on any atom is -0.508 e. The van der Waals surface area contributed by atoms with E-state index in [1.54, 1.807) is 12.1 Å². The van der Waals surface area contributed by atoms with Gasteiger partial charge in [0.15, 0.2) is 0 Å².